The third-order valence-corrected chi connectivity index (χ3v) is 2.88. The average molecular weight is 263 g/mol. The van der Waals surface area contributed by atoms with Gasteiger partial charge in [0, 0.05) is 0 Å². The predicted molar refractivity (Wildman–Crippen MR) is 55.0 cm³/mol. The van der Waals surface area contributed by atoms with Crippen molar-refractivity contribution in [3.05, 3.63) is 29.6 Å². The fourth-order valence-electron chi connectivity index (χ4n) is 1.61. The van der Waals surface area contributed by atoms with Crippen LogP contribution >= 0.6 is 0 Å². The Morgan fingerprint density at radius 3 is 2.33 bits per heavy atom. The number of alkyl halides is 3. The first-order valence-electron chi connectivity index (χ1n) is 5.13. The van der Waals surface area contributed by atoms with Gasteiger partial charge in [-0.05, 0) is 31.0 Å². The summed E-state index contributed by atoms with van der Waals surface area (Å²) in [6, 6.07) is 2.75. The fourth-order valence-corrected chi connectivity index (χ4v) is 1.61. The maximum Gasteiger partial charge on any atom is 0.411 e. The second kappa shape index (κ2) is 3.86. The molecule has 1 aromatic carbocycles. The zero-order valence-corrected chi connectivity index (χ0v) is 9.01. The molecule has 2 N–H and O–H groups in total. The van der Waals surface area contributed by atoms with Crippen molar-refractivity contribution >= 4 is 11.7 Å². The highest BCUT2D eigenvalue weighted by Gasteiger charge is 2.63. The minimum atomic E-state index is -4.45. The van der Waals surface area contributed by atoms with Crippen LogP contribution in [0.15, 0.2) is 18.2 Å². The summed E-state index contributed by atoms with van der Waals surface area (Å²) in [5, 5.41) is 10.7. The summed E-state index contributed by atoms with van der Waals surface area (Å²) in [6.07, 6.45) is -4.68. The van der Waals surface area contributed by atoms with E-state index in [1.807, 2.05) is 0 Å². The highest BCUT2D eigenvalue weighted by atomic mass is 19.4. The summed E-state index contributed by atoms with van der Waals surface area (Å²) in [7, 11) is 0. The Hall–Kier alpha value is -1.79. The first kappa shape index (κ1) is 12.7. The van der Waals surface area contributed by atoms with Gasteiger partial charge in [0.15, 0.2) is 0 Å². The maximum absolute atomic E-state index is 13.5. The Morgan fingerprint density at radius 2 is 1.94 bits per heavy atom. The molecule has 0 spiro atoms. The van der Waals surface area contributed by atoms with E-state index in [1.54, 1.807) is 0 Å². The summed E-state index contributed by atoms with van der Waals surface area (Å²) in [4.78, 5) is 10.6. The van der Waals surface area contributed by atoms with Crippen LogP contribution in [-0.4, -0.2) is 22.8 Å². The number of anilines is 1. The van der Waals surface area contributed by atoms with Crippen molar-refractivity contribution in [2.45, 2.75) is 24.6 Å². The van der Waals surface area contributed by atoms with Crippen LogP contribution in [0.4, 0.5) is 23.2 Å². The van der Waals surface area contributed by atoms with E-state index in [-0.39, 0.29) is 24.1 Å². The van der Waals surface area contributed by atoms with Crippen molar-refractivity contribution in [3.8, 4) is 0 Å². The highest BCUT2D eigenvalue weighted by Crippen LogP contribution is 2.51. The van der Waals surface area contributed by atoms with E-state index in [2.05, 4.69) is 5.32 Å². The Balaban J connectivity index is 2.24. The second-order valence-electron chi connectivity index (χ2n) is 4.20. The molecular formula is C11H9F4NO2. The molecule has 2 rings (SSSR count). The third kappa shape index (κ3) is 2.12. The molecule has 0 atom stereocenters. The number of carboxylic acid groups (broad SMARTS) is 1. The molecule has 0 saturated heterocycles. The molecule has 1 aromatic rings. The van der Waals surface area contributed by atoms with E-state index in [4.69, 9.17) is 5.11 Å². The minimum Gasteiger partial charge on any atom is -0.478 e. The number of nitrogens with one attached hydrogen (secondary N) is 1. The molecule has 98 valence electrons. The molecule has 7 heteroatoms. The predicted octanol–water partition coefficient (Wildman–Crippen LogP) is 3.03. The van der Waals surface area contributed by atoms with Crippen LogP contribution in [0, 0.1) is 5.82 Å². The van der Waals surface area contributed by atoms with Gasteiger partial charge in [-0.3, -0.25) is 0 Å². The minimum absolute atomic E-state index is 0.114. The van der Waals surface area contributed by atoms with Crippen molar-refractivity contribution in [3.63, 3.8) is 0 Å². The van der Waals surface area contributed by atoms with Gasteiger partial charge < -0.3 is 10.4 Å². The van der Waals surface area contributed by atoms with Crippen molar-refractivity contribution < 1.29 is 27.5 Å². The standard InChI is InChI=1S/C11H9F4NO2/c12-7-5-6(9(17)18)1-2-8(7)16-10(3-4-10)11(13,14)15/h1-2,5,16H,3-4H2,(H,17,18). The van der Waals surface area contributed by atoms with Gasteiger partial charge in [0.05, 0.1) is 11.3 Å². The van der Waals surface area contributed by atoms with Crippen LogP contribution in [0.3, 0.4) is 0 Å². The van der Waals surface area contributed by atoms with Gasteiger partial charge in [-0.25, -0.2) is 9.18 Å². The molecule has 1 fully saturated rings. The van der Waals surface area contributed by atoms with E-state index >= 15 is 0 Å². The normalized spacial score (nSPS) is 17.3. The van der Waals surface area contributed by atoms with Gasteiger partial charge in [-0.15, -0.1) is 0 Å². The SMILES string of the molecule is O=C(O)c1ccc(NC2(C(F)(F)F)CC2)c(F)c1. The van der Waals surface area contributed by atoms with Crippen molar-refractivity contribution in [2.75, 3.05) is 5.32 Å². The Bertz CT molecular complexity index is 494. The van der Waals surface area contributed by atoms with Crippen LogP contribution in [0.5, 0.6) is 0 Å². The summed E-state index contributed by atoms with van der Waals surface area (Å²) in [5.41, 5.74) is -2.72. The molecule has 0 radical (unpaired) electrons. The largest absolute Gasteiger partial charge is 0.478 e. The van der Waals surface area contributed by atoms with Gasteiger partial charge in [-0.1, -0.05) is 0 Å². The first-order chi connectivity index (χ1) is 8.25. The van der Waals surface area contributed by atoms with Gasteiger partial charge >= 0.3 is 12.1 Å². The van der Waals surface area contributed by atoms with Gasteiger partial charge in [0.25, 0.3) is 0 Å². The summed E-state index contributed by atoms with van der Waals surface area (Å²) in [5.74, 6) is -2.34. The molecule has 3 nitrogen and oxygen atoms in total. The van der Waals surface area contributed by atoms with Crippen LogP contribution in [0.25, 0.3) is 0 Å². The number of aromatic carboxylic acids is 1. The molecule has 1 aliphatic carbocycles. The van der Waals surface area contributed by atoms with Crippen LogP contribution in [-0.2, 0) is 0 Å². The molecule has 1 saturated carbocycles. The van der Waals surface area contributed by atoms with Crippen molar-refractivity contribution in [1.29, 1.82) is 0 Å². The van der Waals surface area contributed by atoms with E-state index in [9.17, 15) is 22.4 Å². The number of halogens is 4. The van der Waals surface area contributed by atoms with E-state index in [0.29, 0.717) is 6.07 Å². The smallest absolute Gasteiger partial charge is 0.411 e. The maximum atomic E-state index is 13.5. The zero-order chi connectivity index (χ0) is 13.6. The molecule has 0 heterocycles. The molecule has 0 bridgehead atoms. The number of benzene rings is 1. The highest BCUT2D eigenvalue weighted by molar-refractivity contribution is 5.88. The number of carbonyl (C=O) groups is 1. The van der Waals surface area contributed by atoms with E-state index < -0.39 is 23.5 Å². The molecular weight excluding hydrogens is 254 g/mol. The number of carboxylic acids is 1. The van der Waals surface area contributed by atoms with Crippen LogP contribution in [0.2, 0.25) is 0 Å². The zero-order valence-electron chi connectivity index (χ0n) is 9.01. The number of hydrogen-bond acceptors (Lipinski definition) is 2. The molecule has 1 aliphatic rings. The Labute approximate surface area is 99.4 Å². The molecule has 0 amide bonds. The monoisotopic (exact) mass is 263 g/mol. The molecule has 18 heavy (non-hydrogen) atoms. The first-order valence-corrected chi connectivity index (χ1v) is 5.13. The van der Waals surface area contributed by atoms with Gasteiger partial charge in [-0.2, -0.15) is 13.2 Å². The molecule has 0 aromatic heterocycles. The fraction of sp³-hybridized carbons (Fsp3) is 0.364. The quantitative estimate of drug-likeness (QED) is 0.824. The van der Waals surface area contributed by atoms with Crippen molar-refractivity contribution in [2.24, 2.45) is 0 Å². The lowest BCUT2D eigenvalue weighted by Gasteiger charge is -2.22. The summed E-state index contributed by atoms with van der Waals surface area (Å²) < 4.78 is 51.4. The lowest BCUT2D eigenvalue weighted by Crippen LogP contribution is -2.38. The molecule has 0 aliphatic heterocycles. The number of hydrogen-bond donors (Lipinski definition) is 2. The second-order valence-corrected chi connectivity index (χ2v) is 4.20. The van der Waals surface area contributed by atoms with Crippen LogP contribution < -0.4 is 5.32 Å². The average Bonchev–Trinajstić information content (AvgIpc) is 3.01. The van der Waals surface area contributed by atoms with E-state index in [0.717, 1.165) is 12.1 Å². The van der Waals surface area contributed by atoms with Crippen molar-refractivity contribution in [1.82, 2.24) is 0 Å². The Morgan fingerprint density at radius 1 is 1.33 bits per heavy atom. The number of rotatable bonds is 3. The third-order valence-electron chi connectivity index (χ3n) is 2.88. The van der Waals surface area contributed by atoms with Gasteiger partial charge in [0.1, 0.15) is 11.4 Å². The molecule has 0 unspecified atom stereocenters. The summed E-state index contributed by atoms with van der Waals surface area (Å²) in [6.45, 7) is 0. The lowest BCUT2D eigenvalue weighted by molar-refractivity contribution is -0.151. The van der Waals surface area contributed by atoms with Crippen LogP contribution in [0.1, 0.15) is 23.2 Å². The summed E-state index contributed by atoms with van der Waals surface area (Å²) >= 11 is 0. The topological polar surface area (TPSA) is 49.3 Å². The Kier molecular flexibility index (Phi) is 2.71. The lowest BCUT2D eigenvalue weighted by atomic mass is 10.1. The van der Waals surface area contributed by atoms with E-state index in [1.165, 1.54) is 0 Å². The van der Waals surface area contributed by atoms with Gasteiger partial charge in [0.2, 0.25) is 0 Å².